The van der Waals surface area contributed by atoms with Crippen LogP contribution >= 0.6 is 0 Å². The van der Waals surface area contributed by atoms with Crippen molar-refractivity contribution in [3.8, 4) is 0 Å². The summed E-state index contributed by atoms with van der Waals surface area (Å²) in [7, 11) is 0. The van der Waals surface area contributed by atoms with Crippen LogP contribution in [0, 0.1) is 0 Å². The van der Waals surface area contributed by atoms with E-state index in [1.54, 1.807) is 0 Å². The monoisotopic (exact) mass is 294 g/mol. The Morgan fingerprint density at radius 3 is 0.308 bits per heavy atom. The molecule has 0 aromatic rings. The zero-order valence-corrected chi connectivity index (χ0v) is 14.4. The predicted molar refractivity (Wildman–Crippen MR) is 57.7 cm³/mol. The van der Waals surface area contributed by atoms with Crippen molar-refractivity contribution in [2.24, 2.45) is 0 Å². The van der Waals surface area contributed by atoms with Gasteiger partial charge in [-0.3, -0.25) is 0 Å². The number of hydrogen-bond acceptors (Lipinski definition) is 0. The molecule has 0 spiro atoms. The molecule has 0 saturated carbocycles. The summed E-state index contributed by atoms with van der Waals surface area (Å²) >= 11 is 0. The van der Waals surface area contributed by atoms with Crippen LogP contribution in [0.2, 0.25) is 0 Å². The van der Waals surface area contributed by atoms with Crippen LogP contribution < -0.4 is 0 Å². The molecule has 0 atom stereocenters. The third kappa shape index (κ3) is 363. The summed E-state index contributed by atoms with van der Waals surface area (Å²) in [5.41, 5.74) is 0. The van der Waals surface area contributed by atoms with E-state index in [9.17, 15) is 0 Å². The van der Waals surface area contributed by atoms with Gasteiger partial charge in [-0.05, 0) is 0 Å². The largest absolute Gasteiger partial charge is 0.412 e. The molecular formula is H16AlKO8Si3. The number of rotatable bonds is 0. The van der Waals surface area contributed by atoms with Crippen LogP contribution in [-0.2, 0) is 0 Å². The first-order valence-electron chi connectivity index (χ1n) is 0. The summed E-state index contributed by atoms with van der Waals surface area (Å²) in [4.78, 5) is 0. The molecule has 0 aliphatic rings. The van der Waals surface area contributed by atoms with Crippen LogP contribution in [0.3, 0.4) is 0 Å². The standard InChI is InChI=1S/Al.K.8H2O.3Si/h;;8*1H2;;;. The fraction of sp³-hybridized carbons (Fsp3) is 0. The molecule has 16 N–H and O–H groups in total. The Morgan fingerprint density at radius 1 is 0.308 bits per heavy atom. The first-order chi connectivity index (χ1) is 0. The minimum absolute atomic E-state index is 0. The Bertz CT molecular complexity index is 19.4. The maximum Gasteiger partial charge on any atom is 0 e. The van der Waals surface area contributed by atoms with Gasteiger partial charge in [-0.25, -0.2) is 0 Å². The molecular weight excluding hydrogens is 278 g/mol. The summed E-state index contributed by atoms with van der Waals surface area (Å²) < 4.78 is 0. The second-order valence-corrected chi connectivity index (χ2v) is 0. The fourth-order valence-corrected chi connectivity index (χ4v) is 0. The Labute approximate surface area is 143 Å². The molecule has 0 aliphatic heterocycles. The van der Waals surface area contributed by atoms with Crippen LogP contribution in [0.5, 0.6) is 0 Å². The van der Waals surface area contributed by atoms with Gasteiger partial charge in [0, 0.05) is 102 Å². The average Bonchev–Trinajstić information content (AvgIpc) is 0. The van der Waals surface area contributed by atoms with Crippen molar-refractivity contribution < 1.29 is 43.8 Å². The van der Waals surface area contributed by atoms with Crippen molar-refractivity contribution >= 4 is 102 Å². The van der Waals surface area contributed by atoms with Gasteiger partial charge in [0.05, 0.1) is 0 Å². The van der Waals surface area contributed by atoms with Gasteiger partial charge in [0.1, 0.15) is 0 Å². The fourth-order valence-electron chi connectivity index (χ4n) is 0. The minimum atomic E-state index is 0. The molecule has 0 bridgehead atoms. The molecule has 0 aromatic carbocycles. The van der Waals surface area contributed by atoms with Crippen LogP contribution in [-0.4, -0.2) is 145 Å². The maximum absolute atomic E-state index is 0. The van der Waals surface area contributed by atoms with E-state index in [0.29, 0.717) is 0 Å². The zero-order valence-electron chi connectivity index (χ0n) is 7.08. The topological polar surface area (TPSA) is 252 Å². The van der Waals surface area contributed by atoms with Gasteiger partial charge in [-0.15, -0.1) is 0 Å². The predicted octanol–water partition coefficient (Wildman–Crippen LogP) is -8.50. The van der Waals surface area contributed by atoms with Gasteiger partial charge in [0.2, 0.25) is 0 Å². The van der Waals surface area contributed by atoms with Crippen molar-refractivity contribution in [2.75, 3.05) is 0 Å². The second-order valence-electron chi connectivity index (χ2n) is 0. The van der Waals surface area contributed by atoms with Crippen LogP contribution in [0.4, 0.5) is 0 Å². The summed E-state index contributed by atoms with van der Waals surface area (Å²) in [5.74, 6) is 0. The first kappa shape index (κ1) is 522. The second kappa shape index (κ2) is 423. The van der Waals surface area contributed by atoms with Crippen molar-refractivity contribution in [2.45, 2.75) is 0 Å². The molecule has 0 aromatic heterocycles. The Balaban J connectivity index is 0. The van der Waals surface area contributed by atoms with E-state index in [1.807, 2.05) is 0 Å². The van der Waals surface area contributed by atoms with E-state index in [4.69, 9.17) is 0 Å². The molecule has 0 fully saturated rings. The van der Waals surface area contributed by atoms with E-state index < -0.39 is 0 Å². The molecule has 0 saturated heterocycles. The van der Waals surface area contributed by atoms with Crippen LogP contribution in [0.15, 0.2) is 0 Å². The Morgan fingerprint density at radius 2 is 0.308 bits per heavy atom. The van der Waals surface area contributed by atoms with Gasteiger partial charge >= 0.3 is 0 Å². The van der Waals surface area contributed by atoms with Crippen molar-refractivity contribution in [1.82, 2.24) is 0 Å². The van der Waals surface area contributed by atoms with E-state index in [0.717, 1.165) is 0 Å². The molecule has 0 amide bonds. The van der Waals surface area contributed by atoms with E-state index in [-0.39, 0.29) is 145 Å². The maximum atomic E-state index is 0. The van der Waals surface area contributed by atoms with E-state index in [1.165, 1.54) is 0 Å². The van der Waals surface area contributed by atoms with E-state index in [2.05, 4.69) is 0 Å². The smallest absolute Gasteiger partial charge is 0 e. The molecule has 13 heteroatoms. The van der Waals surface area contributed by atoms with Gasteiger partial charge in [-0.2, -0.15) is 0 Å². The number of hydrogen-bond donors (Lipinski definition) is 0. The van der Waals surface area contributed by atoms with Gasteiger partial charge < -0.3 is 43.8 Å². The zero-order chi connectivity index (χ0) is 0. The third-order valence-corrected chi connectivity index (χ3v) is 0. The van der Waals surface area contributed by atoms with Gasteiger partial charge in [0.15, 0.2) is 0 Å². The molecule has 16 radical (unpaired) electrons. The van der Waals surface area contributed by atoms with Crippen molar-refractivity contribution in [3.63, 3.8) is 0 Å². The quantitative estimate of drug-likeness (QED) is 0.377. The first-order valence-corrected chi connectivity index (χ1v) is 0. The molecule has 0 unspecified atom stereocenters. The van der Waals surface area contributed by atoms with Crippen LogP contribution in [0.25, 0.3) is 0 Å². The molecule has 13 heavy (non-hydrogen) atoms. The van der Waals surface area contributed by atoms with E-state index >= 15 is 0 Å². The van der Waals surface area contributed by atoms with Crippen molar-refractivity contribution in [3.05, 3.63) is 0 Å². The Kier molecular flexibility index (Phi) is 17000. The Hall–Kier alpha value is 2.50. The molecule has 0 rings (SSSR count). The molecule has 8 nitrogen and oxygen atoms in total. The normalized spacial score (nSPS) is 0. The SMILES string of the molecule is O.O.O.O.O.O.O.O.[Al].[K].[Si].[Si].[Si]. The average molecular weight is 294 g/mol. The van der Waals surface area contributed by atoms with Crippen molar-refractivity contribution in [1.29, 1.82) is 0 Å². The third-order valence-electron chi connectivity index (χ3n) is 0. The van der Waals surface area contributed by atoms with Gasteiger partial charge in [0.25, 0.3) is 0 Å². The molecule has 0 heterocycles. The summed E-state index contributed by atoms with van der Waals surface area (Å²) in [6.07, 6.45) is 0. The summed E-state index contributed by atoms with van der Waals surface area (Å²) in [6, 6.07) is 0. The van der Waals surface area contributed by atoms with Gasteiger partial charge in [-0.1, -0.05) is 0 Å². The summed E-state index contributed by atoms with van der Waals surface area (Å²) in [6.45, 7) is 0. The summed E-state index contributed by atoms with van der Waals surface area (Å²) in [5, 5.41) is 0. The molecule has 0 aliphatic carbocycles. The molecule has 80 valence electrons. The minimum Gasteiger partial charge on any atom is -0.412 e. The van der Waals surface area contributed by atoms with Crippen LogP contribution in [0.1, 0.15) is 0 Å².